The summed E-state index contributed by atoms with van der Waals surface area (Å²) in [6.45, 7) is 10.6. The first-order valence-corrected chi connectivity index (χ1v) is 8.49. The molecule has 1 fully saturated rings. The summed E-state index contributed by atoms with van der Waals surface area (Å²) in [5, 5.41) is 4.20. The molecular formula is C18H26N4O. The largest absolute Gasteiger partial charge is 0.361 e. The van der Waals surface area contributed by atoms with Crippen molar-refractivity contribution in [3.63, 3.8) is 0 Å². The number of likely N-dealkylation sites (N-methyl/N-ethyl adjacent to an activating group) is 1. The number of piperazine rings is 1. The number of carbonyl (C=O) groups excluding carboxylic acids is 1. The van der Waals surface area contributed by atoms with Crippen LogP contribution in [0.2, 0.25) is 0 Å². The Morgan fingerprint density at radius 1 is 1.26 bits per heavy atom. The molecule has 2 heterocycles. The number of aromatic nitrogens is 1. The summed E-state index contributed by atoms with van der Waals surface area (Å²) in [4.78, 5) is 20.4. The van der Waals surface area contributed by atoms with Crippen LogP contribution < -0.4 is 5.32 Å². The number of rotatable bonds is 5. The predicted molar refractivity (Wildman–Crippen MR) is 93.8 cm³/mol. The molecule has 1 aliphatic heterocycles. The van der Waals surface area contributed by atoms with Crippen LogP contribution >= 0.6 is 0 Å². The van der Waals surface area contributed by atoms with Gasteiger partial charge < -0.3 is 15.2 Å². The van der Waals surface area contributed by atoms with Gasteiger partial charge in [0.2, 0.25) is 0 Å². The molecule has 0 bridgehead atoms. The lowest BCUT2D eigenvalue weighted by Crippen LogP contribution is -2.52. The maximum absolute atomic E-state index is 12.3. The third kappa shape index (κ3) is 3.74. The Morgan fingerprint density at radius 2 is 2.04 bits per heavy atom. The molecule has 5 heteroatoms. The second kappa shape index (κ2) is 7.15. The molecule has 1 aromatic carbocycles. The van der Waals surface area contributed by atoms with Crippen molar-refractivity contribution in [1.29, 1.82) is 0 Å². The fourth-order valence-electron chi connectivity index (χ4n) is 3.18. The van der Waals surface area contributed by atoms with E-state index in [-0.39, 0.29) is 5.91 Å². The van der Waals surface area contributed by atoms with Gasteiger partial charge in [-0.25, -0.2) is 0 Å². The number of nitrogens with one attached hydrogen (secondary N) is 2. The van der Waals surface area contributed by atoms with Crippen molar-refractivity contribution in [1.82, 2.24) is 20.1 Å². The lowest BCUT2D eigenvalue weighted by molar-refractivity contribution is 0.0883. The number of benzene rings is 1. The smallest absolute Gasteiger partial charge is 0.251 e. The first-order chi connectivity index (χ1) is 11.2. The Bertz CT molecular complexity index is 658. The van der Waals surface area contributed by atoms with Crippen molar-refractivity contribution in [3.8, 4) is 0 Å². The van der Waals surface area contributed by atoms with Crippen LogP contribution in [0.5, 0.6) is 0 Å². The summed E-state index contributed by atoms with van der Waals surface area (Å²) >= 11 is 0. The average Bonchev–Trinajstić information content (AvgIpc) is 3.07. The SMILES string of the molecule is CCN1CCN([C@@H](C)CNC(=O)c2ccc3cc[nH]c3c2)CC1. The first kappa shape index (κ1) is 16.0. The molecule has 0 aliphatic carbocycles. The van der Waals surface area contributed by atoms with Gasteiger partial charge in [0.15, 0.2) is 0 Å². The molecule has 23 heavy (non-hydrogen) atoms. The van der Waals surface area contributed by atoms with E-state index >= 15 is 0 Å². The van der Waals surface area contributed by atoms with Crippen molar-refractivity contribution >= 4 is 16.8 Å². The molecule has 0 saturated carbocycles. The molecular weight excluding hydrogens is 288 g/mol. The van der Waals surface area contributed by atoms with E-state index in [2.05, 4.69) is 33.9 Å². The number of amides is 1. The lowest BCUT2D eigenvalue weighted by Gasteiger charge is -2.37. The molecule has 1 atom stereocenters. The van der Waals surface area contributed by atoms with Crippen LogP contribution in [0.1, 0.15) is 24.2 Å². The van der Waals surface area contributed by atoms with Gasteiger partial charge >= 0.3 is 0 Å². The Kier molecular flexibility index (Phi) is 4.98. The zero-order chi connectivity index (χ0) is 16.2. The van der Waals surface area contributed by atoms with Crippen molar-refractivity contribution in [3.05, 3.63) is 36.0 Å². The minimum atomic E-state index is 0.000504. The zero-order valence-corrected chi connectivity index (χ0v) is 14.0. The Morgan fingerprint density at radius 3 is 2.78 bits per heavy atom. The third-order valence-corrected chi connectivity index (χ3v) is 4.85. The number of hydrogen-bond acceptors (Lipinski definition) is 3. The van der Waals surface area contributed by atoms with Gasteiger partial charge in [-0.05, 0) is 37.1 Å². The van der Waals surface area contributed by atoms with Crippen molar-refractivity contribution in [2.45, 2.75) is 19.9 Å². The maximum atomic E-state index is 12.3. The molecule has 0 unspecified atom stereocenters. The van der Waals surface area contributed by atoms with Crippen LogP contribution in [0.4, 0.5) is 0 Å². The van der Waals surface area contributed by atoms with Gasteiger partial charge in [-0.3, -0.25) is 9.69 Å². The van der Waals surface area contributed by atoms with Gasteiger partial charge in [-0.2, -0.15) is 0 Å². The minimum Gasteiger partial charge on any atom is -0.361 e. The van der Waals surface area contributed by atoms with E-state index < -0.39 is 0 Å². The molecule has 1 aromatic heterocycles. The van der Waals surface area contributed by atoms with E-state index in [0.717, 1.165) is 43.6 Å². The summed E-state index contributed by atoms with van der Waals surface area (Å²) in [6, 6.07) is 8.15. The van der Waals surface area contributed by atoms with Crippen molar-refractivity contribution < 1.29 is 4.79 Å². The second-order valence-electron chi connectivity index (χ2n) is 6.31. The van der Waals surface area contributed by atoms with Gasteiger partial charge in [0, 0.05) is 56.0 Å². The van der Waals surface area contributed by atoms with Gasteiger partial charge in [-0.1, -0.05) is 13.0 Å². The normalized spacial score (nSPS) is 18.2. The van der Waals surface area contributed by atoms with Crippen LogP contribution in [0.15, 0.2) is 30.5 Å². The molecule has 5 nitrogen and oxygen atoms in total. The zero-order valence-electron chi connectivity index (χ0n) is 14.0. The van der Waals surface area contributed by atoms with Gasteiger partial charge in [0.05, 0.1) is 0 Å². The van der Waals surface area contributed by atoms with E-state index in [1.54, 1.807) is 0 Å². The quantitative estimate of drug-likeness (QED) is 0.886. The fraction of sp³-hybridized carbons (Fsp3) is 0.500. The number of fused-ring (bicyclic) bond motifs is 1. The highest BCUT2D eigenvalue weighted by Gasteiger charge is 2.20. The third-order valence-electron chi connectivity index (χ3n) is 4.85. The highest BCUT2D eigenvalue weighted by molar-refractivity contribution is 5.97. The fourth-order valence-corrected chi connectivity index (χ4v) is 3.18. The highest BCUT2D eigenvalue weighted by atomic mass is 16.1. The number of H-pyrrole nitrogens is 1. The van der Waals surface area contributed by atoms with E-state index in [1.807, 2.05) is 30.5 Å². The summed E-state index contributed by atoms with van der Waals surface area (Å²) in [7, 11) is 0. The van der Waals surface area contributed by atoms with Gasteiger partial charge in [-0.15, -0.1) is 0 Å². The number of aromatic amines is 1. The van der Waals surface area contributed by atoms with Crippen molar-refractivity contribution in [2.24, 2.45) is 0 Å². The monoisotopic (exact) mass is 314 g/mol. The summed E-state index contributed by atoms with van der Waals surface area (Å²) < 4.78 is 0. The standard InChI is InChI=1S/C18H26N4O/c1-3-21-8-10-22(11-9-21)14(2)13-20-18(23)16-5-4-15-6-7-19-17(15)12-16/h4-7,12,14,19H,3,8-11,13H2,1-2H3,(H,20,23)/t14-/m0/s1. The molecule has 2 aromatic rings. The Balaban J connectivity index is 1.52. The van der Waals surface area contributed by atoms with E-state index in [1.165, 1.54) is 0 Å². The number of hydrogen-bond donors (Lipinski definition) is 2. The molecule has 1 saturated heterocycles. The maximum Gasteiger partial charge on any atom is 0.251 e. The first-order valence-electron chi connectivity index (χ1n) is 8.49. The summed E-state index contributed by atoms with van der Waals surface area (Å²) in [5.74, 6) is 0.000504. The predicted octanol–water partition coefficient (Wildman–Crippen LogP) is 1.92. The van der Waals surface area contributed by atoms with Gasteiger partial charge in [0.25, 0.3) is 5.91 Å². The van der Waals surface area contributed by atoms with E-state index in [0.29, 0.717) is 18.2 Å². The molecule has 0 spiro atoms. The minimum absolute atomic E-state index is 0.000504. The number of nitrogens with zero attached hydrogens (tertiary/aromatic N) is 2. The summed E-state index contributed by atoms with van der Waals surface area (Å²) in [5.41, 5.74) is 1.71. The van der Waals surface area contributed by atoms with E-state index in [9.17, 15) is 4.79 Å². The molecule has 124 valence electrons. The Hall–Kier alpha value is -1.85. The average molecular weight is 314 g/mol. The van der Waals surface area contributed by atoms with Crippen LogP contribution in [-0.4, -0.2) is 66.0 Å². The lowest BCUT2D eigenvalue weighted by atomic mass is 10.1. The van der Waals surface area contributed by atoms with Crippen LogP contribution in [-0.2, 0) is 0 Å². The van der Waals surface area contributed by atoms with Gasteiger partial charge in [0.1, 0.15) is 0 Å². The van der Waals surface area contributed by atoms with E-state index in [4.69, 9.17) is 0 Å². The molecule has 1 aliphatic rings. The summed E-state index contributed by atoms with van der Waals surface area (Å²) in [6.07, 6.45) is 1.89. The topological polar surface area (TPSA) is 51.4 Å². The Labute approximate surface area is 137 Å². The van der Waals surface area contributed by atoms with Crippen LogP contribution in [0, 0.1) is 0 Å². The van der Waals surface area contributed by atoms with Crippen LogP contribution in [0.3, 0.4) is 0 Å². The molecule has 2 N–H and O–H groups in total. The highest BCUT2D eigenvalue weighted by Crippen LogP contribution is 2.14. The van der Waals surface area contributed by atoms with Crippen molar-refractivity contribution in [2.75, 3.05) is 39.3 Å². The van der Waals surface area contributed by atoms with Crippen LogP contribution in [0.25, 0.3) is 10.9 Å². The molecule has 3 rings (SSSR count). The molecule has 0 radical (unpaired) electrons. The second-order valence-corrected chi connectivity index (χ2v) is 6.31. The molecule has 1 amide bonds. The number of carbonyl (C=O) groups is 1.